The first-order valence-corrected chi connectivity index (χ1v) is 60.0. The maximum Gasteiger partial charge on any atom is -0.0230 e. The first kappa shape index (κ1) is 83.4. The summed E-state index contributed by atoms with van der Waals surface area (Å²) >= 11 is 0. The van der Waals surface area contributed by atoms with Crippen LogP contribution < -0.4 is 0 Å². The minimum Gasteiger partial charge on any atom is -0.0651 e. The second kappa shape index (κ2) is 29.3. The molecule has 27 fully saturated rings. The Balaban J connectivity index is 0.737. The zero-order chi connectivity index (χ0) is 84.3. The van der Waals surface area contributed by atoms with Crippen LogP contribution in [0.1, 0.15) is 357 Å². The van der Waals surface area contributed by atoms with E-state index in [9.17, 15) is 0 Å². The molecule has 0 amide bonds. The van der Waals surface area contributed by atoms with E-state index in [-0.39, 0.29) is 0 Å². The van der Waals surface area contributed by atoms with Crippen LogP contribution in [-0.4, -0.2) is 0 Å². The zero-order valence-electron chi connectivity index (χ0n) is 84.3. The summed E-state index contributed by atoms with van der Waals surface area (Å²) in [7, 11) is 0. The molecule has 27 saturated carbocycles. The molecule has 0 nitrogen and oxygen atoms in total. The summed E-state index contributed by atoms with van der Waals surface area (Å²) in [5.41, 5.74) is 1.08. The highest BCUT2D eigenvalue weighted by Crippen LogP contribution is 2.86. The van der Waals surface area contributed by atoms with E-state index in [2.05, 4.69) is 138 Å². The van der Waals surface area contributed by atoms with E-state index in [0.717, 1.165) is 402 Å². The van der Waals surface area contributed by atoms with Crippen molar-refractivity contribution >= 4 is 0 Å². The second-order valence-corrected chi connectivity index (χ2v) is 59.2. The van der Waals surface area contributed by atoms with Gasteiger partial charge >= 0.3 is 0 Å². The van der Waals surface area contributed by atoms with Crippen molar-refractivity contribution in [3.63, 3.8) is 0 Å². The molecule has 0 aromatic rings. The van der Waals surface area contributed by atoms with Crippen molar-refractivity contribution in [1.29, 1.82) is 0 Å². The highest BCUT2D eigenvalue weighted by molar-refractivity contribution is 5.28. The molecule has 1 spiro atoms. The van der Waals surface area contributed by atoms with Gasteiger partial charge in [-0.05, 0) is 574 Å². The molecule has 0 heterocycles. The van der Waals surface area contributed by atoms with Gasteiger partial charge in [-0.2, -0.15) is 0 Å². The summed E-state index contributed by atoms with van der Waals surface area (Å²) in [6.45, 7) is 59.9. The summed E-state index contributed by atoms with van der Waals surface area (Å²) < 4.78 is 0. The maximum atomic E-state index is 3.21. The van der Waals surface area contributed by atoms with Crippen molar-refractivity contribution in [2.24, 2.45) is 413 Å². The van der Waals surface area contributed by atoms with Crippen LogP contribution >= 0.6 is 0 Å². The van der Waals surface area contributed by atoms with Crippen LogP contribution in [0.4, 0.5) is 0 Å². The fourth-order valence-corrected chi connectivity index (χ4v) is 57.8. The Hall–Kier alpha value is 0. The van der Waals surface area contributed by atoms with Gasteiger partial charge in [0.15, 0.2) is 0 Å². The van der Waals surface area contributed by atoms with Gasteiger partial charge in [-0.15, -0.1) is 0 Å². The molecule has 692 valence electrons. The van der Waals surface area contributed by atoms with Gasteiger partial charge < -0.3 is 0 Å². The van der Waals surface area contributed by atoms with Gasteiger partial charge in [0.05, 0.1) is 0 Å². The number of hydrogen-bond acceptors (Lipinski definition) is 0. The standard InChI is InChI=1S/C124H196/c1-21-68-40-57(9)106-65(17)110-66(18)109-64(16)74(24-4)84-44-86-76(26-6)94-49-93-73(23-3)59(11)60(12)105-55(7)30-32-69-41-58(10)107-70-34-39-103-92-45-87-78-29-27-28-77-88-46-97-90-48-98(88)115-81-37-36-80(113(94)122(118(93)105)116(81)121-112(69)99(107)50-95(77)119(115)121)89(86)47-96(84)108(109)56(8)31-35-79(90)114-100(43-83(68)117(106)120(110)114)111(97)71-33-38-102-62(14)72(22-2)63(15)104-51-91(101(78)54-124(102,104)53-71)75(25-5)85(87)42-82(92)61(13)67(19)123(103,20)52-70/h55-122H,21-54H2,1-20H3/t55-,56-,57?,58?,59-,60?,61?,62?,63?,64?,65+,66-,67?,68?,69?,70+,71?,72?,73?,74?,75?,76?,77?,78?,79?,80?,81+,82?,83?,84?,85?,86?,87?,88+,89?,90?,91?,92?,93?,94?,95?,96?,97?,98?,99?,100?,101?,102?,103?,104?,105?,106?,107?,108?,109?,110-,111?,112-,113?,114-,115?,116?,117?,118?,119?,120-,121+,122+,123?,124-/m0/s1. The molecule has 27 rings (SSSR count). The number of hydrogen-bond donors (Lipinski definition) is 0. The molecular weight excluding hydrogens is 1490 g/mol. The fourth-order valence-electron chi connectivity index (χ4n) is 57.8. The Morgan fingerprint density at radius 3 is 1.39 bits per heavy atom. The summed E-state index contributed by atoms with van der Waals surface area (Å²) in [5.74, 6) is 66.9. The molecule has 0 aromatic heterocycles. The summed E-state index contributed by atoms with van der Waals surface area (Å²) in [4.78, 5) is 0. The van der Waals surface area contributed by atoms with E-state index in [0.29, 0.717) is 10.8 Å². The first-order chi connectivity index (χ1) is 60.0. The lowest BCUT2D eigenvalue weighted by molar-refractivity contribution is -0.239. The topological polar surface area (TPSA) is 0 Å². The minimum atomic E-state index is 0.507. The molecule has 0 N–H and O–H groups in total. The van der Waals surface area contributed by atoms with Crippen molar-refractivity contribution in [2.75, 3.05) is 0 Å². The van der Waals surface area contributed by atoms with Gasteiger partial charge in [0.25, 0.3) is 0 Å². The highest BCUT2D eigenvalue weighted by atomic mass is 14.8. The maximum absolute atomic E-state index is 3.21. The lowest BCUT2D eigenvalue weighted by atomic mass is 9.32. The van der Waals surface area contributed by atoms with Crippen molar-refractivity contribution in [1.82, 2.24) is 0 Å². The van der Waals surface area contributed by atoms with Crippen molar-refractivity contribution in [3.8, 4) is 0 Å². The van der Waals surface area contributed by atoms with E-state index in [1.165, 1.54) is 38.5 Å². The van der Waals surface area contributed by atoms with Crippen LogP contribution in [-0.2, 0) is 0 Å². The molecule has 0 heteroatoms. The molecule has 0 aliphatic heterocycles. The summed E-state index contributed by atoms with van der Waals surface area (Å²) in [6.07, 6.45) is 56.3. The predicted molar refractivity (Wildman–Crippen MR) is 513 cm³/mol. The molecular formula is C124H196. The molecule has 27 aliphatic rings. The van der Waals surface area contributed by atoms with E-state index in [1.54, 1.807) is 180 Å². The van der Waals surface area contributed by atoms with Gasteiger partial charge in [-0.3, -0.25) is 0 Å². The molecule has 70 atom stereocenters. The van der Waals surface area contributed by atoms with E-state index < -0.39 is 0 Å². The Kier molecular flexibility index (Phi) is 19.7. The lowest BCUT2D eigenvalue weighted by Gasteiger charge is -2.72. The van der Waals surface area contributed by atoms with Crippen molar-refractivity contribution in [3.05, 3.63) is 0 Å². The molecule has 0 saturated heterocycles. The summed E-state index contributed by atoms with van der Waals surface area (Å²) in [6, 6.07) is 0. The van der Waals surface area contributed by atoms with Gasteiger partial charge in [-0.1, -0.05) is 196 Å². The van der Waals surface area contributed by atoms with Gasteiger partial charge in [-0.25, -0.2) is 0 Å². The smallest absolute Gasteiger partial charge is 0.0230 e. The predicted octanol–water partition coefficient (Wildman–Crippen LogP) is 31.9. The minimum absolute atomic E-state index is 0.507. The average Bonchev–Trinajstić information content (AvgIpc) is 1.44. The Labute approximate surface area is 764 Å². The SMILES string of the molecule is CCC1CC(C)C2C3C1CC1C4C5CCC6C(C)C(CC)C(C)C7CC8C(CC)C9CC%10C(C)C(C)C%11(C)C[C@H]%12CCC%11C%10CC9C(CCCC9C%10CC%11C%12C(C)CC%12CC[C@H](C)C%13C(C)[C@H](C)C(CC)C%14CC%15C(CC)C%16CC%17C(CC)C(C)C%18C%19C%17CC%16C%16CC[C@@H]%17C(C%20CC(C4C[C@H]9%20)C(CC[C@@H]%19C)[C@@H]1[C@@H]3[C@@H]([C@@H]2C)[C@H]%18C)C%10[C@@H](C%17[C@@H](C%16%15)C%14%13)[C@@H]%12%11)C8C[C@@]67C5. The Bertz CT molecular complexity index is 3980. The fraction of sp³-hybridized carbons (Fsp3) is 1.00. The third-order valence-electron chi connectivity index (χ3n) is 59.5. The number of fused-ring (bicyclic) bond motifs is 12. The second-order valence-electron chi connectivity index (χ2n) is 59.2. The number of rotatable bonds is 6. The first-order valence-electron chi connectivity index (χ1n) is 60.0. The van der Waals surface area contributed by atoms with Gasteiger partial charge in [0.1, 0.15) is 0 Å². The molecule has 0 aromatic carbocycles. The molecule has 14 bridgehead atoms. The van der Waals surface area contributed by atoms with Crippen LogP contribution in [0.2, 0.25) is 0 Å². The zero-order valence-corrected chi connectivity index (χ0v) is 84.3. The third-order valence-corrected chi connectivity index (χ3v) is 59.5. The van der Waals surface area contributed by atoms with E-state index in [1.807, 2.05) is 0 Å². The van der Waals surface area contributed by atoms with E-state index in [4.69, 9.17) is 0 Å². The summed E-state index contributed by atoms with van der Waals surface area (Å²) in [5, 5.41) is 0. The third kappa shape index (κ3) is 10.4. The molecule has 27 aliphatic carbocycles. The van der Waals surface area contributed by atoms with Crippen LogP contribution in [0.5, 0.6) is 0 Å². The monoisotopic (exact) mass is 1690 g/mol. The average molecular weight is 1690 g/mol. The molecule has 124 heavy (non-hydrogen) atoms. The normalized spacial score (nSPS) is 68.8. The van der Waals surface area contributed by atoms with Crippen LogP contribution in [0.25, 0.3) is 0 Å². The quantitative estimate of drug-likeness (QED) is 0.249. The lowest BCUT2D eigenvalue weighted by Crippen LogP contribution is -2.66. The van der Waals surface area contributed by atoms with Crippen LogP contribution in [0.3, 0.4) is 0 Å². The van der Waals surface area contributed by atoms with Gasteiger partial charge in [0.2, 0.25) is 0 Å². The molecule has 0 radical (unpaired) electrons. The van der Waals surface area contributed by atoms with Crippen molar-refractivity contribution < 1.29 is 0 Å². The van der Waals surface area contributed by atoms with Crippen LogP contribution in [0, 0.1) is 413 Å². The Morgan fingerprint density at radius 2 is 0.645 bits per heavy atom. The van der Waals surface area contributed by atoms with E-state index >= 15 is 0 Å². The van der Waals surface area contributed by atoms with Crippen molar-refractivity contribution in [2.45, 2.75) is 357 Å². The highest BCUT2D eigenvalue weighted by Gasteiger charge is 2.80. The van der Waals surface area contributed by atoms with Crippen LogP contribution in [0.15, 0.2) is 0 Å². The van der Waals surface area contributed by atoms with Gasteiger partial charge in [0, 0.05) is 0 Å². The largest absolute Gasteiger partial charge is 0.0651 e. The molecule has 55 unspecified atom stereocenters. The Morgan fingerprint density at radius 1 is 0.194 bits per heavy atom.